The van der Waals surface area contributed by atoms with Crippen LogP contribution in [0, 0.1) is 18.6 Å². The predicted molar refractivity (Wildman–Crippen MR) is 64.0 cm³/mol. The number of aryl methyl sites for hydroxylation is 1. The fourth-order valence-corrected chi connectivity index (χ4v) is 1.85. The van der Waals surface area contributed by atoms with Gasteiger partial charge in [0.05, 0.1) is 5.69 Å². The second kappa shape index (κ2) is 5.23. The average molecular weight is 249 g/mol. The highest BCUT2D eigenvalue weighted by Gasteiger charge is 2.15. The molecule has 0 fully saturated rings. The smallest absolute Gasteiger partial charge is 0.126 e. The summed E-state index contributed by atoms with van der Waals surface area (Å²) in [7, 11) is 0. The fraction of sp³-hybridized carbons (Fsp3) is 0.214. The Balaban J connectivity index is 2.24. The van der Waals surface area contributed by atoms with Gasteiger partial charge in [0, 0.05) is 12.6 Å². The van der Waals surface area contributed by atoms with Crippen molar-refractivity contribution in [1.82, 2.24) is 4.98 Å². The van der Waals surface area contributed by atoms with Gasteiger partial charge >= 0.3 is 0 Å². The normalized spacial score (nSPS) is 12.4. The maximum atomic E-state index is 13.4. The molecule has 0 spiro atoms. The summed E-state index contributed by atoms with van der Waals surface area (Å²) in [5, 5.41) is 10.0. The second-order valence-electron chi connectivity index (χ2n) is 4.16. The highest BCUT2D eigenvalue weighted by Crippen LogP contribution is 2.21. The number of aliphatic hydroxyl groups is 1. The quantitative estimate of drug-likeness (QED) is 0.907. The Morgan fingerprint density at radius 2 is 2.06 bits per heavy atom. The molecule has 94 valence electrons. The van der Waals surface area contributed by atoms with Crippen LogP contribution < -0.4 is 0 Å². The van der Waals surface area contributed by atoms with Crippen LogP contribution in [0.25, 0.3) is 0 Å². The first-order valence-corrected chi connectivity index (χ1v) is 5.61. The van der Waals surface area contributed by atoms with Crippen molar-refractivity contribution in [3.8, 4) is 0 Å². The third-order valence-corrected chi connectivity index (χ3v) is 2.79. The van der Waals surface area contributed by atoms with Crippen LogP contribution in [-0.4, -0.2) is 10.1 Å². The summed E-state index contributed by atoms with van der Waals surface area (Å²) in [6.45, 7) is 1.81. The Labute approximate surface area is 104 Å². The van der Waals surface area contributed by atoms with Gasteiger partial charge in [-0.15, -0.1) is 0 Å². The zero-order chi connectivity index (χ0) is 13.1. The number of aromatic nitrogens is 1. The van der Waals surface area contributed by atoms with Gasteiger partial charge in [-0.25, -0.2) is 8.78 Å². The highest BCUT2D eigenvalue weighted by molar-refractivity contribution is 5.24. The van der Waals surface area contributed by atoms with Gasteiger partial charge in [0.25, 0.3) is 0 Å². The topological polar surface area (TPSA) is 33.1 Å². The number of halogens is 2. The van der Waals surface area contributed by atoms with E-state index in [1.165, 1.54) is 0 Å². The number of pyridine rings is 1. The molecule has 2 aromatic rings. The van der Waals surface area contributed by atoms with E-state index in [0.717, 1.165) is 23.8 Å². The number of aliphatic hydroxyl groups excluding tert-OH is 1. The molecule has 1 heterocycles. The van der Waals surface area contributed by atoms with E-state index in [0.29, 0.717) is 5.69 Å². The van der Waals surface area contributed by atoms with Crippen LogP contribution in [0.5, 0.6) is 0 Å². The van der Waals surface area contributed by atoms with Crippen molar-refractivity contribution in [2.75, 3.05) is 0 Å². The molecule has 0 aliphatic heterocycles. The molecule has 0 amide bonds. The molecule has 0 aliphatic carbocycles. The van der Waals surface area contributed by atoms with Crippen molar-refractivity contribution in [2.45, 2.75) is 19.4 Å². The number of nitrogens with zero attached hydrogens (tertiary/aromatic N) is 1. The summed E-state index contributed by atoms with van der Waals surface area (Å²) < 4.78 is 26.5. The molecule has 1 unspecified atom stereocenters. The number of hydrogen-bond donors (Lipinski definition) is 1. The van der Waals surface area contributed by atoms with Crippen LogP contribution in [-0.2, 0) is 6.42 Å². The first kappa shape index (κ1) is 12.6. The van der Waals surface area contributed by atoms with Gasteiger partial charge in [-0.1, -0.05) is 6.07 Å². The van der Waals surface area contributed by atoms with Gasteiger partial charge in [-0.3, -0.25) is 4.98 Å². The van der Waals surface area contributed by atoms with Crippen molar-refractivity contribution in [2.24, 2.45) is 0 Å². The van der Waals surface area contributed by atoms with E-state index >= 15 is 0 Å². The Bertz CT molecular complexity index is 557. The van der Waals surface area contributed by atoms with Gasteiger partial charge in [0.2, 0.25) is 0 Å². The molecule has 1 aromatic carbocycles. The summed E-state index contributed by atoms with van der Waals surface area (Å²) in [6.07, 6.45) is 0.622. The van der Waals surface area contributed by atoms with E-state index in [-0.39, 0.29) is 12.0 Å². The molecule has 2 rings (SSSR count). The largest absolute Gasteiger partial charge is 0.386 e. The van der Waals surface area contributed by atoms with Crippen molar-refractivity contribution >= 4 is 0 Å². The van der Waals surface area contributed by atoms with Crippen LogP contribution in [0.4, 0.5) is 8.78 Å². The van der Waals surface area contributed by atoms with Crippen molar-refractivity contribution in [3.63, 3.8) is 0 Å². The Morgan fingerprint density at radius 1 is 1.28 bits per heavy atom. The lowest BCUT2D eigenvalue weighted by Gasteiger charge is -2.13. The molecule has 0 aliphatic rings. The van der Waals surface area contributed by atoms with Crippen LogP contribution in [0.15, 0.2) is 36.5 Å². The average Bonchev–Trinajstić information content (AvgIpc) is 2.34. The minimum atomic E-state index is -0.942. The molecule has 1 aromatic heterocycles. The summed E-state index contributed by atoms with van der Waals surface area (Å²) in [4.78, 5) is 4.06. The van der Waals surface area contributed by atoms with E-state index in [4.69, 9.17) is 0 Å². The number of benzene rings is 1. The Morgan fingerprint density at radius 3 is 2.78 bits per heavy atom. The summed E-state index contributed by atoms with van der Waals surface area (Å²) in [5.41, 5.74) is 1.45. The van der Waals surface area contributed by atoms with E-state index in [1.807, 2.05) is 13.0 Å². The predicted octanol–water partition coefficient (Wildman–Crippen LogP) is 2.94. The molecular weight excluding hydrogens is 236 g/mol. The standard InChI is InChI=1S/C14H13F2NO/c1-9-3-2-6-17-14(9)13(18)8-10-7-11(15)4-5-12(10)16/h2-7,13,18H,8H2,1H3. The first-order chi connectivity index (χ1) is 8.58. The first-order valence-electron chi connectivity index (χ1n) is 5.61. The molecule has 0 saturated heterocycles. The third-order valence-electron chi connectivity index (χ3n) is 2.79. The maximum absolute atomic E-state index is 13.4. The van der Waals surface area contributed by atoms with Crippen LogP contribution in [0.3, 0.4) is 0 Å². The molecular formula is C14H13F2NO. The van der Waals surface area contributed by atoms with E-state index < -0.39 is 17.7 Å². The lowest BCUT2D eigenvalue weighted by Crippen LogP contribution is -2.07. The SMILES string of the molecule is Cc1cccnc1C(O)Cc1cc(F)ccc1F. The maximum Gasteiger partial charge on any atom is 0.126 e. The van der Waals surface area contributed by atoms with Gasteiger partial charge in [-0.05, 0) is 42.3 Å². The molecule has 18 heavy (non-hydrogen) atoms. The number of rotatable bonds is 3. The lowest BCUT2D eigenvalue weighted by molar-refractivity contribution is 0.171. The summed E-state index contributed by atoms with van der Waals surface area (Å²) in [5.74, 6) is -1.04. The molecule has 0 saturated carbocycles. The zero-order valence-electron chi connectivity index (χ0n) is 9.90. The van der Waals surface area contributed by atoms with Crippen LogP contribution in [0.1, 0.15) is 22.9 Å². The third kappa shape index (κ3) is 2.71. The molecule has 2 nitrogen and oxygen atoms in total. The molecule has 0 bridgehead atoms. The highest BCUT2D eigenvalue weighted by atomic mass is 19.1. The minimum absolute atomic E-state index is 0.00144. The second-order valence-corrected chi connectivity index (χ2v) is 4.16. The molecule has 1 atom stereocenters. The van der Waals surface area contributed by atoms with E-state index in [2.05, 4.69) is 4.98 Å². The monoisotopic (exact) mass is 249 g/mol. The van der Waals surface area contributed by atoms with E-state index in [9.17, 15) is 13.9 Å². The Kier molecular flexibility index (Phi) is 3.67. The van der Waals surface area contributed by atoms with Gasteiger partial charge in [0.1, 0.15) is 17.7 Å². The summed E-state index contributed by atoms with van der Waals surface area (Å²) in [6, 6.07) is 6.78. The van der Waals surface area contributed by atoms with Gasteiger partial charge < -0.3 is 5.11 Å². The minimum Gasteiger partial charge on any atom is -0.386 e. The van der Waals surface area contributed by atoms with Gasteiger partial charge in [-0.2, -0.15) is 0 Å². The van der Waals surface area contributed by atoms with E-state index in [1.54, 1.807) is 12.3 Å². The lowest BCUT2D eigenvalue weighted by atomic mass is 10.0. The van der Waals surface area contributed by atoms with Crippen molar-refractivity contribution < 1.29 is 13.9 Å². The van der Waals surface area contributed by atoms with Crippen LogP contribution >= 0.6 is 0 Å². The van der Waals surface area contributed by atoms with Crippen molar-refractivity contribution in [1.29, 1.82) is 0 Å². The van der Waals surface area contributed by atoms with Gasteiger partial charge in [0.15, 0.2) is 0 Å². The molecule has 4 heteroatoms. The molecule has 0 radical (unpaired) electrons. The Hall–Kier alpha value is -1.81. The van der Waals surface area contributed by atoms with Crippen LogP contribution in [0.2, 0.25) is 0 Å². The number of hydrogen-bond acceptors (Lipinski definition) is 2. The van der Waals surface area contributed by atoms with Crippen molar-refractivity contribution in [3.05, 3.63) is 65.0 Å². The fourth-order valence-electron chi connectivity index (χ4n) is 1.85. The molecule has 1 N–H and O–H groups in total. The zero-order valence-corrected chi connectivity index (χ0v) is 9.90. The summed E-state index contributed by atoms with van der Waals surface area (Å²) >= 11 is 0.